The molecule has 1 aliphatic carbocycles. The molecule has 1 saturated heterocycles. The number of fused-ring (bicyclic) bond motifs is 2. The Morgan fingerprint density at radius 2 is 1.82 bits per heavy atom. The molecule has 6 heteroatoms. The van der Waals surface area contributed by atoms with Crippen LogP contribution in [0.5, 0.6) is 0 Å². The van der Waals surface area contributed by atoms with E-state index >= 15 is 0 Å². The van der Waals surface area contributed by atoms with Gasteiger partial charge in [-0.05, 0) is 49.7 Å². The number of aliphatic hydroxyl groups excluding tert-OH is 1. The minimum absolute atomic E-state index is 0.0653. The second-order valence-electron chi connectivity index (χ2n) is 8.58. The Hall–Kier alpha value is -2.34. The molecule has 4 rings (SSSR count). The van der Waals surface area contributed by atoms with Crippen LogP contribution in [0.1, 0.15) is 41.4 Å². The fourth-order valence-electron chi connectivity index (χ4n) is 5.36. The van der Waals surface area contributed by atoms with Crippen molar-refractivity contribution in [1.29, 1.82) is 0 Å². The number of rotatable bonds is 2. The van der Waals surface area contributed by atoms with E-state index in [1.807, 2.05) is 29.5 Å². The zero-order valence-corrected chi connectivity index (χ0v) is 17.0. The lowest BCUT2D eigenvalue weighted by molar-refractivity contribution is -0.121. The highest BCUT2D eigenvalue weighted by molar-refractivity contribution is 6.02. The molecule has 2 aliphatic rings. The third kappa shape index (κ3) is 3.00. The molecule has 0 bridgehead atoms. The molecule has 6 nitrogen and oxygen atoms in total. The summed E-state index contributed by atoms with van der Waals surface area (Å²) >= 11 is 0. The van der Waals surface area contributed by atoms with E-state index in [1.165, 1.54) is 12.5 Å². The molecule has 2 N–H and O–H groups in total. The van der Waals surface area contributed by atoms with Gasteiger partial charge >= 0.3 is 0 Å². The predicted molar refractivity (Wildman–Crippen MR) is 108 cm³/mol. The van der Waals surface area contributed by atoms with E-state index in [2.05, 4.69) is 24.4 Å². The second kappa shape index (κ2) is 6.92. The lowest BCUT2D eigenvalue weighted by Crippen LogP contribution is -2.48. The van der Waals surface area contributed by atoms with E-state index in [0.29, 0.717) is 31.3 Å². The van der Waals surface area contributed by atoms with E-state index in [4.69, 9.17) is 0 Å². The van der Waals surface area contributed by atoms with Crippen LogP contribution < -0.4 is 5.32 Å². The molecule has 2 amide bonds. The van der Waals surface area contributed by atoms with Gasteiger partial charge in [-0.25, -0.2) is 0 Å². The van der Waals surface area contributed by atoms with Crippen molar-refractivity contribution in [2.24, 2.45) is 18.9 Å². The number of likely N-dealkylation sites (tertiary alicyclic amines) is 1. The van der Waals surface area contributed by atoms with Crippen molar-refractivity contribution in [3.8, 4) is 0 Å². The second-order valence-corrected chi connectivity index (χ2v) is 8.58. The molecule has 1 aliphatic heterocycles. The maximum Gasteiger partial charge on any atom is 0.270 e. The number of benzene rings is 1. The van der Waals surface area contributed by atoms with E-state index < -0.39 is 6.10 Å². The number of nitrogens with zero attached hydrogens (tertiary/aromatic N) is 2. The van der Waals surface area contributed by atoms with Gasteiger partial charge < -0.3 is 19.9 Å². The van der Waals surface area contributed by atoms with Crippen molar-refractivity contribution >= 4 is 22.7 Å². The van der Waals surface area contributed by atoms with Crippen molar-refractivity contribution in [3.05, 3.63) is 35.0 Å². The minimum atomic E-state index is -0.540. The number of nitrogens with one attached hydrogen (secondary N) is 1. The quantitative estimate of drug-likeness (QED) is 0.834. The van der Waals surface area contributed by atoms with Gasteiger partial charge in [0, 0.05) is 32.4 Å². The van der Waals surface area contributed by atoms with Crippen LogP contribution in [0.2, 0.25) is 0 Å². The fraction of sp³-hybridized carbons (Fsp3) is 0.545. The van der Waals surface area contributed by atoms with Gasteiger partial charge in [-0.2, -0.15) is 0 Å². The van der Waals surface area contributed by atoms with Crippen molar-refractivity contribution in [3.63, 3.8) is 0 Å². The third-order valence-corrected chi connectivity index (χ3v) is 6.69. The first-order valence-electron chi connectivity index (χ1n) is 10.1. The summed E-state index contributed by atoms with van der Waals surface area (Å²) in [5.74, 6) is 0.562. The molecular formula is C22H29N3O3. The molecule has 2 heterocycles. The highest BCUT2D eigenvalue weighted by atomic mass is 16.3. The lowest BCUT2D eigenvalue weighted by Gasteiger charge is -2.35. The standard InChI is InChI=1S/C22H29N3O3/c1-12-6-5-7-17-13(2)21(24(4)20(12)17)22(28)25-10-15-8-18(23-14(3)26)19(27)9-16(15)11-25/h5-7,15-16,18-19,27H,8-11H2,1-4H3,(H,23,26)/t15-,16+,18-,19-/m1/s1. The van der Waals surface area contributed by atoms with Crippen LogP contribution in [0, 0.1) is 25.7 Å². The number of hydrogen-bond acceptors (Lipinski definition) is 3. The van der Waals surface area contributed by atoms with E-state index in [-0.39, 0.29) is 17.9 Å². The normalized spacial score (nSPS) is 27.1. The number of para-hydroxylation sites is 1. The van der Waals surface area contributed by atoms with Crippen LogP contribution in [0.25, 0.3) is 10.9 Å². The topological polar surface area (TPSA) is 74.6 Å². The highest BCUT2D eigenvalue weighted by Crippen LogP contribution is 2.38. The number of hydrogen-bond donors (Lipinski definition) is 2. The Kier molecular flexibility index (Phi) is 4.70. The summed E-state index contributed by atoms with van der Waals surface area (Å²) < 4.78 is 2.03. The van der Waals surface area contributed by atoms with E-state index in [1.54, 1.807) is 0 Å². The number of aromatic nitrogens is 1. The first-order valence-corrected chi connectivity index (χ1v) is 10.1. The Morgan fingerprint density at radius 1 is 1.14 bits per heavy atom. The van der Waals surface area contributed by atoms with Gasteiger partial charge in [0.1, 0.15) is 5.69 Å². The number of carbonyl (C=O) groups is 2. The van der Waals surface area contributed by atoms with Crippen LogP contribution in [0.15, 0.2) is 18.2 Å². The Balaban J connectivity index is 1.59. The van der Waals surface area contributed by atoms with Crippen LogP contribution in [0.3, 0.4) is 0 Å². The summed E-state index contributed by atoms with van der Waals surface area (Å²) in [6.07, 6.45) is 0.817. The molecule has 2 aromatic rings. The summed E-state index contributed by atoms with van der Waals surface area (Å²) in [5.41, 5.74) is 4.05. The molecule has 1 aromatic heterocycles. The van der Waals surface area contributed by atoms with Crippen LogP contribution in [0.4, 0.5) is 0 Å². The summed E-state index contributed by atoms with van der Waals surface area (Å²) in [7, 11) is 1.97. The van der Waals surface area contributed by atoms with Gasteiger partial charge in [0.2, 0.25) is 5.91 Å². The average molecular weight is 383 g/mol. The molecule has 0 spiro atoms. The largest absolute Gasteiger partial charge is 0.391 e. The van der Waals surface area contributed by atoms with Crippen LogP contribution in [-0.2, 0) is 11.8 Å². The smallest absolute Gasteiger partial charge is 0.270 e. The molecule has 0 radical (unpaired) electrons. The first-order chi connectivity index (χ1) is 13.3. The summed E-state index contributed by atoms with van der Waals surface area (Å²) in [5, 5.41) is 14.4. The number of aliphatic hydroxyl groups is 1. The molecule has 1 aromatic carbocycles. The average Bonchev–Trinajstić information content (AvgIpc) is 3.14. The van der Waals surface area contributed by atoms with E-state index in [9.17, 15) is 14.7 Å². The fourth-order valence-corrected chi connectivity index (χ4v) is 5.36. The maximum absolute atomic E-state index is 13.4. The van der Waals surface area contributed by atoms with Crippen molar-refractivity contribution < 1.29 is 14.7 Å². The SMILES string of the molecule is CC(=O)N[C@@H]1C[C@@H]2CN(C(=O)c3c(C)c4cccc(C)c4n3C)C[C@@H]2C[C@H]1O. The Morgan fingerprint density at radius 3 is 2.46 bits per heavy atom. The molecular weight excluding hydrogens is 354 g/mol. The maximum atomic E-state index is 13.4. The van der Waals surface area contributed by atoms with Crippen molar-refractivity contribution in [2.75, 3.05) is 13.1 Å². The molecule has 2 fully saturated rings. The monoisotopic (exact) mass is 383 g/mol. The lowest BCUT2D eigenvalue weighted by atomic mass is 9.77. The molecule has 0 unspecified atom stereocenters. The summed E-state index contributed by atoms with van der Waals surface area (Å²) in [6.45, 7) is 6.94. The van der Waals surface area contributed by atoms with Gasteiger partial charge in [0.25, 0.3) is 5.91 Å². The number of carbonyl (C=O) groups excluding carboxylic acids is 2. The molecule has 150 valence electrons. The van der Waals surface area contributed by atoms with Crippen molar-refractivity contribution in [2.45, 2.75) is 45.8 Å². The highest BCUT2D eigenvalue weighted by Gasteiger charge is 2.43. The zero-order chi connectivity index (χ0) is 20.2. The third-order valence-electron chi connectivity index (χ3n) is 6.69. The minimum Gasteiger partial charge on any atom is -0.391 e. The van der Waals surface area contributed by atoms with E-state index in [0.717, 1.165) is 28.6 Å². The first kappa shape index (κ1) is 19.0. The predicted octanol–water partition coefficient (Wildman–Crippen LogP) is 2.14. The van der Waals surface area contributed by atoms with Crippen LogP contribution in [-0.4, -0.2) is 51.6 Å². The van der Waals surface area contributed by atoms with Gasteiger partial charge in [-0.3, -0.25) is 9.59 Å². The molecule has 1 saturated carbocycles. The van der Waals surface area contributed by atoms with Gasteiger partial charge in [0.15, 0.2) is 0 Å². The number of aryl methyl sites for hydroxylation is 3. The van der Waals surface area contributed by atoms with Crippen LogP contribution >= 0.6 is 0 Å². The summed E-state index contributed by atoms with van der Waals surface area (Å²) in [6, 6.07) is 5.97. The van der Waals surface area contributed by atoms with Gasteiger partial charge in [-0.15, -0.1) is 0 Å². The van der Waals surface area contributed by atoms with Gasteiger partial charge in [-0.1, -0.05) is 18.2 Å². The van der Waals surface area contributed by atoms with Crippen molar-refractivity contribution in [1.82, 2.24) is 14.8 Å². The molecule has 28 heavy (non-hydrogen) atoms. The molecule has 4 atom stereocenters. The number of amides is 2. The Bertz CT molecular complexity index is 948. The zero-order valence-electron chi connectivity index (χ0n) is 17.0. The summed E-state index contributed by atoms with van der Waals surface area (Å²) in [4.78, 5) is 26.8. The van der Waals surface area contributed by atoms with Gasteiger partial charge in [0.05, 0.1) is 17.7 Å². The Labute approximate surface area is 165 Å².